The van der Waals surface area contributed by atoms with Crippen LogP contribution in [0.4, 0.5) is 0 Å². The summed E-state index contributed by atoms with van der Waals surface area (Å²) >= 11 is -3.74. The molecule has 0 aromatic heterocycles. The van der Waals surface area contributed by atoms with E-state index in [1.54, 1.807) is 0 Å². The van der Waals surface area contributed by atoms with Gasteiger partial charge < -0.3 is 0 Å². The maximum atomic E-state index is 7.02. The molecule has 5 heteroatoms. The molecule has 0 heterocycles. The summed E-state index contributed by atoms with van der Waals surface area (Å²) in [4.78, 5) is 0. The number of halogens is 3. The SMILES string of the molecule is CCCC[Si](C)(c1cc(C)cc(C)c1)[C]1([Ti]([Cl])([Cl])[Cl])C=Cc2ccccc21. The van der Waals surface area contributed by atoms with E-state index in [0.29, 0.717) is 0 Å². The standard InChI is InChI=1S/C22H27Si.3ClH.Ti/c1-5-6-13-23(4,20-15-17(2)14-18(3)16-20)22-12-11-19-9-7-8-10-21(19)22;;;;/h7-12,14-16H,5-6,13H2,1-4H3;3*1H;/q;;;;+3/p-3. The van der Waals surface area contributed by atoms with Gasteiger partial charge in [-0.3, -0.25) is 0 Å². The Morgan fingerprint density at radius 2 is 1.63 bits per heavy atom. The van der Waals surface area contributed by atoms with Crippen LogP contribution in [0, 0.1) is 13.8 Å². The first kappa shape index (κ1) is 21.7. The summed E-state index contributed by atoms with van der Waals surface area (Å²) in [7, 11) is 18.8. The van der Waals surface area contributed by atoms with E-state index < -0.39 is 24.8 Å². The fourth-order valence-corrected chi connectivity index (χ4v) is 25.2. The van der Waals surface area contributed by atoms with Crippen molar-refractivity contribution in [1.29, 1.82) is 0 Å². The van der Waals surface area contributed by atoms with Crippen molar-refractivity contribution < 1.29 is 13.4 Å². The van der Waals surface area contributed by atoms with Crippen LogP contribution < -0.4 is 5.19 Å². The average Bonchev–Trinajstić information content (AvgIpc) is 3.00. The van der Waals surface area contributed by atoms with Crippen molar-refractivity contribution in [3.63, 3.8) is 0 Å². The van der Waals surface area contributed by atoms with Gasteiger partial charge in [0.2, 0.25) is 0 Å². The predicted molar refractivity (Wildman–Crippen MR) is 122 cm³/mol. The maximum absolute atomic E-state index is 7.02. The minimum absolute atomic E-state index is 0.399. The fraction of sp³-hybridized carbons (Fsp3) is 0.364. The Morgan fingerprint density at radius 3 is 2.22 bits per heavy atom. The number of rotatable bonds is 6. The van der Waals surface area contributed by atoms with Crippen LogP contribution in [-0.2, 0) is 16.7 Å². The first-order valence-electron chi connectivity index (χ1n) is 9.60. The Hall–Kier alpha value is -0.0188. The van der Waals surface area contributed by atoms with Crippen molar-refractivity contribution in [3.8, 4) is 0 Å². The van der Waals surface area contributed by atoms with Gasteiger partial charge in [-0.05, 0) is 0 Å². The van der Waals surface area contributed by atoms with Gasteiger partial charge in [-0.2, -0.15) is 0 Å². The van der Waals surface area contributed by atoms with Crippen LogP contribution in [-0.4, -0.2) is 8.07 Å². The quantitative estimate of drug-likeness (QED) is 0.382. The molecule has 2 unspecified atom stereocenters. The molecule has 27 heavy (non-hydrogen) atoms. The summed E-state index contributed by atoms with van der Waals surface area (Å²) < 4.78 is -0.399. The summed E-state index contributed by atoms with van der Waals surface area (Å²) in [5.74, 6) is 0. The molecule has 144 valence electrons. The van der Waals surface area contributed by atoms with Gasteiger partial charge in [0, 0.05) is 0 Å². The molecule has 0 saturated heterocycles. The Bertz CT molecular complexity index is 854. The van der Waals surface area contributed by atoms with Gasteiger partial charge in [-0.15, -0.1) is 0 Å². The van der Waals surface area contributed by atoms with E-state index in [9.17, 15) is 0 Å². The Kier molecular flexibility index (Phi) is 6.44. The third-order valence-electron chi connectivity index (χ3n) is 6.11. The van der Waals surface area contributed by atoms with Crippen LogP contribution in [0.2, 0.25) is 12.6 Å². The van der Waals surface area contributed by atoms with Gasteiger partial charge in [-0.1, -0.05) is 0 Å². The molecule has 0 bridgehead atoms. The Labute approximate surface area is 179 Å². The number of fused-ring (bicyclic) bond motifs is 1. The van der Waals surface area contributed by atoms with Crippen LogP contribution in [0.5, 0.6) is 0 Å². The van der Waals surface area contributed by atoms with Gasteiger partial charge in [0.05, 0.1) is 0 Å². The molecular weight excluding hydrogens is 447 g/mol. The Balaban J connectivity index is 2.34. The second-order valence-corrected chi connectivity index (χ2v) is 25.5. The summed E-state index contributed by atoms with van der Waals surface area (Å²) in [6.07, 6.45) is 6.80. The van der Waals surface area contributed by atoms with E-state index in [0.717, 1.165) is 18.9 Å². The van der Waals surface area contributed by atoms with Gasteiger partial charge in [-0.25, -0.2) is 0 Å². The van der Waals surface area contributed by atoms with Crippen molar-refractivity contribution in [1.82, 2.24) is 0 Å². The van der Waals surface area contributed by atoms with E-state index in [1.165, 1.54) is 27.4 Å². The zero-order chi connectivity index (χ0) is 19.9. The van der Waals surface area contributed by atoms with E-state index in [-0.39, 0.29) is 0 Å². The van der Waals surface area contributed by atoms with Crippen molar-refractivity contribution in [2.24, 2.45) is 0 Å². The van der Waals surface area contributed by atoms with Gasteiger partial charge in [0.15, 0.2) is 0 Å². The van der Waals surface area contributed by atoms with Crippen LogP contribution in [0.1, 0.15) is 42.0 Å². The predicted octanol–water partition coefficient (Wildman–Crippen LogP) is 7.47. The van der Waals surface area contributed by atoms with E-state index in [4.69, 9.17) is 27.9 Å². The topological polar surface area (TPSA) is 0 Å². The zero-order valence-electron chi connectivity index (χ0n) is 16.5. The van der Waals surface area contributed by atoms with Crippen molar-refractivity contribution >= 4 is 47.3 Å². The first-order chi connectivity index (χ1) is 12.7. The van der Waals surface area contributed by atoms with E-state index >= 15 is 0 Å². The van der Waals surface area contributed by atoms with E-state index in [1.807, 2.05) is 0 Å². The molecule has 3 rings (SSSR count). The number of unbranched alkanes of at least 4 members (excludes halogenated alkanes) is 1. The Morgan fingerprint density at radius 1 is 1.00 bits per heavy atom. The summed E-state index contributed by atoms with van der Waals surface area (Å²) in [5, 5.41) is 1.42. The normalized spacial score (nSPS) is 21.1. The zero-order valence-corrected chi connectivity index (χ0v) is 21.3. The van der Waals surface area contributed by atoms with Gasteiger partial charge in [0.25, 0.3) is 0 Å². The molecule has 0 spiro atoms. The summed E-state index contributed by atoms with van der Waals surface area (Å²) in [5.41, 5.74) is 5.05. The second-order valence-electron chi connectivity index (χ2n) is 8.04. The molecule has 0 amide bonds. The molecule has 1 aliphatic carbocycles. The third kappa shape index (κ3) is 3.65. The molecule has 2 atom stereocenters. The molecule has 2 aromatic carbocycles. The monoisotopic (exact) mass is 472 g/mol. The van der Waals surface area contributed by atoms with Gasteiger partial charge >= 0.3 is 181 Å². The summed E-state index contributed by atoms with van der Waals surface area (Å²) in [6.45, 7) is 9.05. The van der Waals surface area contributed by atoms with Crippen LogP contribution in [0.15, 0.2) is 48.5 Å². The van der Waals surface area contributed by atoms with Crippen molar-refractivity contribution in [2.45, 2.75) is 49.5 Å². The minimum atomic E-state index is -3.74. The van der Waals surface area contributed by atoms with Gasteiger partial charge in [0.1, 0.15) is 0 Å². The number of allylic oxidation sites excluding steroid dienone is 1. The van der Waals surface area contributed by atoms with Crippen molar-refractivity contribution in [3.05, 3.63) is 70.8 Å². The molecule has 2 aromatic rings. The average molecular weight is 474 g/mol. The van der Waals surface area contributed by atoms with Crippen LogP contribution >= 0.6 is 27.9 Å². The number of aryl methyl sites for hydroxylation is 2. The van der Waals surface area contributed by atoms with Crippen LogP contribution in [0.3, 0.4) is 0 Å². The van der Waals surface area contributed by atoms with Crippen molar-refractivity contribution in [2.75, 3.05) is 0 Å². The first-order valence-corrected chi connectivity index (χ1v) is 19.5. The molecule has 0 radical (unpaired) electrons. The fourth-order valence-electron chi connectivity index (χ4n) is 4.74. The van der Waals surface area contributed by atoms with E-state index in [2.05, 4.69) is 81.9 Å². The third-order valence-corrected chi connectivity index (χ3v) is 23.1. The molecule has 0 N–H and O–H groups in total. The van der Waals surface area contributed by atoms with Crippen LogP contribution in [0.25, 0.3) is 6.08 Å². The summed E-state index contributed by atoms with van der Waals surface area (Å²) in [6, 6.07) is 16.6. The number of benzene rings is 2. The molecule has 0 fully saturated rings. The molecular formula is C22H27Cl3SiTi. The molecule has 1 aliphatic rings. The molecule has 0 saturated carbocycles. The molecule has 0 nitrogen and oxygen atoms in total. The molecule has 0 aliphatic heterocycles. The number of hydrogen-bond acceptors (Lipinski definition) is 0. The second kappa shape index (κ2) is 8.01. The number of hydrogen-bond donors (Lipinski definition) is 0.